The Labute approximate surface area is 132 Å². The summed E-state index contributed by atoms with van der Waals surface area (Å²) in [7, 11) is -1.99. The third-order valence-electron chi connectivity index (χ3n) is 3.06. The molecule has 0 aliphatic carbocycles. The number of rotatable bonds is 7. The van der Waals surface area contributed by atoms with Crippen molar-refractivity contribution < 1.29 is 17.9 Å². The van der Waals surface area contributed by atoms with Gasteiger partial charge in [0.05, 0.1) is 24.9 Å². The van der Waals surface area contributed by atoms with Gasteiger partial charge >= 0.3 is 0 Å². The van der Waals surface area contributed by atoms with Crippen molar-refractivity contribution in [2.75, 3.05) is 19.8 Å². The summed E-state index contributed by atoms with van der Waals surface area (Å²) in [5, 5.41) is 2.77. The van der Waals surface area contributed by atoms with Gasteiger partial charge in [0.1, 0.15) is 5.75 Å². The van der Waals surface area contributed by atoms with Crippen LogP contribution in [0.3, 0.4) is 0 Å². The zero-order valence-electron chi connectivity index (χ0n) is 13.7. The number of nitrogens with one attached hydrogen (secondary N) is 1. The topological polar surface area (TPSA) is 75.7 Å². The zero-order chi connectivity index (χ0) is 16.9. The van der Waals surface area contributed by atoms with Crippen LogP contribution in [0.15, 0.2) is 24.3 Å². The van der Waals surface area contributed by atoms with E-state index in [4.69, 9.17) is 4.74 Å². The molecule has 1 amide bonds. The first-order chi connectivity index (χ1) is 10.1. The van der Waals surface area contributed by atoms with Gasteiger partial charge in [-0.2, -0.15) is 4.31 Å². The van der Waals surface area contributed by atoms with Gasteiger partial charge < -0.3 is 10.1 Å². The molecule has 0 aliphatic heterocycles. The average molecular weight is 328 g/mol. The summed E-state index contributed by atoms with van der Waals surface area (Å²) in [6.45, 7) is 5.55. The van der Waals surface area contributed by atoms with Crippen LogP contribution in [0, 0.1) is 0 Å². The Morgan fingerprint density at radius 1 is 1.23 bits per heavy atom. The Hall–Kier alpha value is -1.60. The largest absolute Gasteiger partial charge is 0.491 e. The van der Waals surface area contributed by atoms with Crippen LogP contribution in [-0.2, 0) is 14.8 Å². The maximum Gasteiger partial charge on any atom is 0.235 e. The summed E-state index contributed by atoms with van der Waals surface area (Å²) >= 11 is 0. The minimum Gasteiger partial charge on any atom is -0.491 e. The van der Waals surface area contributed by atoms with E-state index in [1.165, 1.54) is 7.05 Å². The second-order valence-electron chi connectivity index (χ2n) is 5.54. The van der Waals surface area contributed by atoms with Crippen LogP contribution < -0.4 is 10.1 Å². The highest BCUT2D eigenvalue weighted by atomic mass is 32.2. The third kappa shape index (κ3) is 6.03. The smallest absolute Gasteiger partial charge is 0.235 e. The highest BCUT2D eigenvalue weighted by Crippen LogP contribution is 2.18. The van der Waals surface area contributed by atoms with Gasteiger partial charge in [0.2, 0.25) is 15.9 Å². The van der Waals surface area contributed by atoms with Gasteiger partial charge in [-0.25, -0.2) is 8.42 Å². The Kier molecular flexibility index (Phi) is 6.37. The van der Waals surface area contributed by atoms with Crippen molar-refractivity contribution in [1.82, 2.24) is 9.62 Å². The second kappa shape index (κ2) is 7.60. The van der Waals surface area contributed by atoms with Gasteiger partial charge in [-0.15, -0.1) is 0 Å². The Morgan fingerprint density at radius 3 is 2.23 bits per heavy atom. The zero-order valence-corrected chi connectivity index (χ0v) is 14.5. The van der Waals surface area contributed by atoms with Crippen molar-refractivity contribution in [2.45, 2.75) is 32.9 Å². The first kappa shape index (κ1) is 18.4. The molecule has 7 heteroatoms. The summed E-state index contributed by atoms with van der Waals surface area (Å²) in [5.41, 5.74) is 0.923. The number of hydrogen-bond donors (Lipinski definition) is 1. The summed E-state index contributed by atoms with van der Waals surface area (Å²) in [6.07, 6.45) is 1.17. The van der Waals surface area contributed by atoms with Crippen LogP contribution >= 0.6 is 0 Å². The van der Waals surface area contributed by atoms with Crippen molar-refractivity contribution in [3.63, 3.8) is 0 Å². The number of amides is 1. The molecule has 0 saturated heterocycles. The van der Waals surface area contributed by atoms with Crippen LogP contribution in [0.2, 0.25) is 0 Å². The minimum absolute atomic E-state index is 0.106. The molecule has 0 aliphatic rings. The molecule has 0 bridgehead atoms. The molecule has 0 saturated carbocycles. The first-order valence-electron chi connectivity index (χ1n) is 7.07. The summed E-state index contributed by atoms with van der Waals surface area (Å²) in [5.74, 6) is 0.428. The van der Waals surface area contributed by atoms with E-state index >= 15 is 0 Å². The Balaban J connectivity index is 2.61. The summed E-state index contributed by atoms with van der Waals surface area (Å²) < 4.78 is 29.1. The number of ether oxygens (including phenoxy) is 1. The van der Waals surface area contributed by atoms with Crippen molar-refractivity contribution in [2.24, 2.45) is 0 Å². The van der Waals surface area contributed by atoms with Crippen molar-refractivity contribution >= 4 is 15.9 Å². The maximum absolute atomic E-state index is 11.9. The molecule has 1 rings (SSSR count). The van der Waals surface area contributed by atoms with E-state index in [1.54, 1.807) is 0 Å². The van der Waals surface area contributed by atoms with E-state index in [-0.39, 0.29) is 24.6 Å². The van der Waals surface area contributed by atoms with Gasteiger partial charge in [-0.05, 0) is 38.5 Å². The second-order valence-corrected chi connectivity index (χ2v) is 7.63. The summed E-state index contributed by atoms with van der Waals surface area (Å²) in [6, 6.07) is 7.24. The van der Waals surface area contributed by atoms with Gasteiger partial charge in [-0.1, -0.05) is 12.1 Å². The lowest BCUT2D eigenvalue weighted by Gasteiger charge is -2.18. The van der Waals surface area contributed by atoms with Crippen LogP contribution in [0.1, 0.15) is 32.4 Å². The monoisotopic (exact) mass is 328 g/mol. The SMILES string of the molecule is CC(C)Oc1ccc([C@H](C)NC(=O)CN(C)S(C)(=O)=O)cc1. The lowest BCUT2D eigenvalue weighted by Crippen LogP contribution is -2.38. The number of nitrogens with zero attached hydrogens (tertiary/aromatic N) is 1. The fraction of sp³-hybridized carbons (Fsp3) is 0.533. The molecule has 0 unspecified atom stereocenters. The van der Waals surface area contributed by atoms with Crippen LogP contribution in [0.5, 0.6) is 5.75 Å². The third-order valence-corrected chi connectivity index (χ3v) is 4.32. The molecule has 1 N–H and O–H groups in total. The molecule has 0 spiro atoms. The van der Waals surface area contributed by atoms with E-state index < -0.39 is 10.0 Å². The van der Waals surface area contributed by atoms with Crippen molar-refractivity contribution in [3.05, 3.63) is 29.8 Å². The number of sulfonamides is 1. The highest BCUT2D eigenvalue weighted by molar-refractivity contribution is 7.88. The van der Waals surface area contributed by atoms with Gasteiger partial charge in [0, 0.05) is 7.05 Å². The molecule has 0 fully saturated rings. The molecular formula is C15H24N2O4S. The molecule has 0 radical (unpaired) electrons. The quantitative estimate of drug-likeness (QED) is 0.824. The van der Waals surface area contributed by atoms with Crippen molar-refractivity contribution in [3.8, 4) is 5.75 Å². The highest BCUT2D eigenvalue weighted by Gasteiger charge is 2.17. The minimum atomic E-state index is -3.36. The van der Waals surface area contributed by atoms with E-state index in [0.29, 0.717) is 0 Å². The predicted octanol–water partition coefficient (Wildman–Crippen LogP) is 1.54. The molecule has 1 atom stereocenters. The first-order valence-corrected chi connectivity index (χ1v) is 8.91. The van der Waals surface area contributed by atoms with Crippen molar-refractivity contribution in [1.29, 1.82) is 0 Å². The predicted molar refractivity (Wildman–Crippen MR) is 86.2 cm³/mol. The fourth-order valence-corrected chi connectivity index (χ4v) is 2.15. The maximum atomic E-state index is 11.9. The standard InChI is InChI=1S/C15H24N2O4S/c1-11(2)21-14-8-6-13(7-9-14)12(3)16-15(18)10-17(4)22(5,19)20/h6-9,11-12H,10H2,1-5H3,(H,16,18)/t12-/m0/s1. The molecule has 6 nitrogen and oxygen atoms in total. The number of carbonyl (C=O) groups is 1. The summed E-state index contributed by atoms with van der Waals surface area (Å²) in [4.78, 5) is 11.9. The lowest BCUT2D eigenvalue weighted by molar-refractivity contribution is -0.121. The number of benzene rings is 1. The van der Waals surface area contributed by atoms with Crippen LogP contribution in [-0.4, -0.2) is 44.6 Å². The van der Waals surface area contributed by atoms with E-state index in [2.05, 4.69) is 5.32 Å². The van der Waals surface area contributed by atoms with E-state index in [0.717, 1.165) is 21.9 Å². The molecule has 124 valence electrons. The molecule has 1 aromatic rings. The number of likely N-dealkylation sites (N-methyl/N-ethyl adjacent to an activating group) is 1. The Bertz CT molecular complexity index is 596. The van der Waals surface area contributed by atoms with E-state index in [9.17, 15) is 13.2 Å². The molecule has 0 heterocycles. The van der Waals surface area contributed by atoms with Crippen LogP contribution in [0.25, 0.3) is 0 Å². The average Bonchev–Trinajstić information content (AvgIpc) is 2.37. The van der Waals surface area contributed by atoms with Crippen LogP contribution in [0.4, 0.5) is 0 Å². The molecular weight excluding hydrogens is 304 g/mol. The fourth-order valence-electron chi connectivity index (χ4n) is 1.80. The molecule has 0 aromatic heterocycles. The van der Waals surface area contributed by atoms with Gasteiger partial charge in [0.25, 0.3) is 0 Å². The van der Waals surface area contributed by atoms with Gasteiger partial charge in [0.15, 0.2) is 0 Å². The molecule has 1 aromatic carbocycles. The lowest BCUT2D eigenvalue weighted by atomic mass is 10.1. The number of hydrogen-bond acceptors (Lipinski definition) is 4. The Morgan fingerprint density at radius 2 is 1.77 bits per heavy atom. The number of carbonyl (C=O) groups excluding carboxylic acids is 1. The van der Waals surface area contributed by atoms with E-state index in [1.807, 2.05) is 45.0 Å². The normalized spacial score (nSPS) is 13.2. The van der Waals surface area contributed by atoms with Gasteiger partial charge in [-0.3, -0.25) is 4.79 Å². The molecule has 22 heavy (non-hydrogen) atoms.